The third-order valence-corrected chi connectivity index (χ3v) is 7.82. The highest BCUT2D eigenvalue weighted by atomic mass is 16.6. The van der Waals surface area contributed by atoms with Crippen LogP contribution in [0.2, 0.25) is 0 Å². The summed E-state index contributed by atoms with van der Waals surface area (Å²) in [5.74, 6) is 0.194. The predicted octanol–water partition coefficient (Wildman–Crippen LogP) is 4.58. The maximum Gasteiger partial charge on any atom is 0.410 e. The molecule has 2 fully saturated rings. The Hall–Kier alpha value is -3.08. The van der Waals surface area contributed by atoms with Crippen LogP contribution in [0.3, 0.4) is 0 Å². The lowest BCUT2D eigenvalue weighted by Crippen LogP contribution is -2.51. The summed E-state index contributed by atoms with van der Waals surface area (Å²) in [6, 6.07) is 16.6. The van der Waals surface area contributed by atoms with Gasteiger partial charge in [-0.15, -0.1) is 0 Å². The summed E-state index contributed by atoms with van der Waals surface area (Å²) in [4.78, 5) is 30.4. The molecular formula is C27H28N2O3. The number of hydrogen-bond donors (Lipinski definition) is 0. The summed E-state index contributed by atoms with van der Waals surface area (Å²) < 4.78 is 5.89. The SMILES string of the molecule is CC1CCC2C=CC3CCN(C(=O)OCC4c5ccccc5-c5ccccc54)C3C(=O)N12. The van der Waals surface area contributed by atoms with Crippen molar-refractivity contribution < 1.29 is 14.3 Å². The fraction of sp³-hybridized carbons (Fsp3) is 0.407. The quantitative estimate of drug-likeness (QED) is 0.658. The van der Waals surface area contributed by atoms with Gasteiger partial charge in [0.15, 0.2) is 0 Å². The summed E-state index contributed by atoms with van der Waals surface area (Å²) in [6.07, 6.45) is 6.82. The van der Waals surface area contributed by atoms with Gasteiger partial charge in [0.1, 0.15) is 12.6 Å². The highest BCUT2D eigenvalue weighted by Crippen LogP contribution is 2.44. The zero-order valence-electron chi connectivity index (χ0n) is 18.3. The van der Waals surface area contributed by atoms with E-state index in [4.69, 9.17) is 4.74 Å². The first kappa shape index (κ1) is 19.6. The van der Waals surface area contributed by atoms with Crippen LogP contribution in [0.25, 0.3) is 11.1 Å². The number of carbonyl (C=O) groups excluding carboxylic acids is 2. The Balaban J connectivity index is 1.22. The largest absolute Gasteiger partial charge is 0.448 e. The van der Waals surface area contributed by atoms with Crippen LogP contribution in [0, 0.1) is 5.92 Å². The molecule has 4 unspecified atom stereocenters. The van der Waals surface area contributed by atoms with E-state index >= 15 is 0 Å². The standard InChI is InChI=1S/C27H28N2O3/c1-17-10-12-19-13-11-18-14-15-28(25(18)26(30)29(17)19)27(31)32-16-24-22-8-4-2-6-20(22)21-7-3-5-9-23(21)24/h2-9,11,13,17-19,24-25H,10,12,14-16H2,1H3. The Morgan fingerprint density at radius 3 is 2.38 bits per heavy atom. The number of rotatable bonds is 2. The van der Waals surface area contributed by atoms with Crippen LogP contribution in [0.5, 0.6) is 0 Å². The van der Waals surface area contributed by atoms with Crippen LogP contribution in [-0.4, -0.2) is 53.1 Å². The lowest BCUT2D eigenvalue weighted by molar-refractivity contribution is -0.137. The normalized spacial score (nSPS) is 28.2. The molecule has 4 aliphatic rings. The first-order valence-electron chi connectivity index (χ1n) is 11.8. The summed E-state index contributed by atoms with van der Waals surface area (Å²) in [5, 5.41) is 0. The molecular weight excluding hydrogens is 400 g/mol. The molecule has 0 spiro atoms. The van der Waals surface area contributed by atoms with E-state index in [0.29, 0.717) is 6.54 Å². The number of hydrogen-bond acceptors (Lipinski definition) is 3. The van der Waals surface area contributed by atoms with E-state index in [1.54, 1.807) is 4.90 Å². The zero-order valence-corrected chi connectivity index (χ0v) is 18.3. The number of nitrogens with zero attached hydrogens (tertiary/aromatic N) is 2. The molecule has 4 atom stereocenters. The van der Waals surface area contributed by atoms with Gasteiger partial charge in [0, 0.05) is 24.4 Å². The molecule has 2 amide bonds. The molecule has 0 saturated carbocycles. The van der Waals surface area contributed by atoms with Crippen molar-refractivity contribution in [2.45, 2.75) is 50.2 Å². The van der Waals surface area contributed by atoms with Crippen LogP contribution < -0.4 is 0 Å². The molecule has 2 aromatic rings. The van der Waals surface area contributed by atoms with Gasteiger partial charge >= 0.3 is 6.09 Å². The average molecular weight is 429 g/mol. The van der Waals surface area contributed by atoms with Crippen molar-refractivity contribution in [3.63, 3.8) is 0 Å². The van der Waals surface area contributed by atoms with E-state index in [2.05, 4.69) is 43.3 Å². The molecule has 2 saturated heterocycles. The third kappa shape index (κ3) is 2.90. The molecule has 164 valence electrons. The van der Waals surface area contributed by atoms with E-state index in [9.17, 15) is 9.59 Å². The molecule has 1 aliphatic carbocycles. The van der Waals surface area contributed by atoms with Gasteiger partial charge in [-0.05, 0) is 48.4 Å². The maximum absolute atomic E-state index is 13.5. The minimum atomic E-state index is -0.438. The number of benzene rings is 2. The molecule has 0 aromatic heterocycles. The lowest BCUT2D eigenvalue weighted by Gasteiger charge is -2.32. The average Bonchev–Trinajstić information content (AvgIpc) is 3.47. The van der Waals surface area contributed by atoms with Crippen molar-refractivity contribution in [1.29, 1.82) is 0 Å². The van der Waals surface area contributed by atoms with Gasteiger partial charge in [0.2, 0.25) is 5.91 Å². The van der Waals surface area contributed by atoms with Crippen molar-refractivity contribution in [3.8, 4) is 11.1 Å². The minimum Gasteiger partial charge on any atom is -0.448 e. The Labute approximate surface area is 188 Å². The van der Waals surface area contributed by atoms with E-state index in [1.807, 2.05) is 29.2 Å². The topological polar surface area (TPSA) is 49.9 Å². The van der Waals surface area contributed by atoms with Crippen LogP contribution in [0.4, 0.5) is 4.79 Å². The van der Waals surface area contributed by atoms with E-state index in [-0.39, 0.29) is 42.5 Å². The predicted molar refractivity (Wildman–Crippen MR) is 122 cm³/mol. The number of amides is 2. The number of fused-ring (bicyclic) bond motifs is 5. The summed E-state index contributed by atoms with van der Waals surface area (Å²) in [5.41, 5.74) is 4.82. The number of ether oxygens (including phenoxy) is 1. The Morgan fingerprint density at radius 1 is 0.969 bits per heavy atom. The minimum absolute atomic E-state index is 0.0254. The van der Waals surface area contributed by atoms with Crippen molar-refractivity contribution in [3.05, 3.63) is 71.8 Å². The maximum atomic E-state index is 13.5. The molecule has 2 aromatic carbocycles. The molecule has 0 bridgehead atoms. The fourth-order valence-corrected chi connectivity index (χ4v) is 6.23. The van der Waals surface area contributed by atoms with Crippen LogP contribution in [-0.2, 0) is 9.53 Å². The van der Waals surface area contributed by atoms with Crippen LogP contribution in [0.15, 0.2) is 60.7 Å². The van der Waals surface area contributed by atoms with Crippen LogP contribution in [0.1, 0.15) is 43.2 Å². The van der Waals surface area contributed by atoms with Crippen molar-refractivity contribution in [2.75, 3.05) is 13.2 Å². The molecule has 3 heterocycles. The highest BCUT2D eigenvalue weighted by molar-refractivity contribution is 5.88. The third-order valence-electron chi connectivity index (χ3n) is 7.82. The van der Waals surface area contributed by atoms with Gasteiger partial charge < -0.3 is 9.64 Å². The van der Waals surface area contributed by atoms with Gasteiger partial charge in [0.25, 0.3) is 0 Å². The monoisotopic (exact) mass is 428 g/mol. The Bertz CT molecular complexity index is 1060. The fourth-order valence-electron chi connectivity index (χ4n) is 6.23. The second-order valence-corrected chi connectivity index (χ2v) is 9.52. The molecule has 5 nitrogen and oxygen atoms in total. The lowest BCUT2D eigenvalue weighted by atomic mass is 9.98. The number of likely N-dealkylation sites (tertiary alicyclic amines) is 1. The molecule has 32 heavy (non-hydrogen) atoms. The molecule has 3 aliphatic heterocycles. The Morgan fingerprint density at radius 2 is 1.66 bits per heavy atom. The second-order valence-electron chi connectivity index (χ2n) is 9.52. The first-order valence-corrected chi connectivity index (χ1v) is 11.8. The van der Waals surface area contributed by atoms with E-state index in [0.717, 1.165) is 19.3 Å². The van der Waals surface area contributed by atoms with Crippen molar-refractivity contribution in [2.24, 2.45) is 5.92 Å². The van der Waals surface area contributed by atoms with Crippen molar-refractivity contribution in [1.82, 2.24) is 9.80 Å². The highest BCUT2D eigenvalue weighted by Gasteiger charge is 2.48. The van der Waals surface area contributed by atoms with Gasteiger partial charge in [-0.2, -0.15) is 0 Å². The van der Waals surface area contributed by atoms with E-state index < -0.39 is 6.04 Å². The van der Waals surface area contributed by atoms with Gasteiger partial charge in [-0.25, -0.2) is 4.79 Å². The molecule has 6 rings (SSSR count). The smallest absolute Gasteiger partial charge is 0.410 e. The Kier molecular flexibility index (Phi) is 4.60. The van der Waals surface area contributed by atoms with Gasteiger partial charge in [-0.3, -0.25) is 9.69 Å². The van der Waals surface area contributed by atoms with Gasteiger partial charge in [-0.1, -0.05) is 60.7 Å². The van der Waals surface area contributed by atoms with E-state index in [1.165, 1.54) is 22.3 Å². The zero-order chi connectivity index (χ0) is 21.8. The molecule has 0 N–H and O–H groups in total. The van der Waals surface area contributed by atoms with Crippen LogP contribution >= 0.6 is 0 Å². The molecule has 5 heteroatoms. The summed E-state index contributed by atoms with van der Waals surface area (Å²) >= 11 is 0. The first-order chi connectivity index (χ1) is 15.6. The second kappa shape index (κ2) is 7.51. The summed E-state index contributed by atoms with van der Waals surface area (Å²) in [6.45, 7) is 2.96. The molecule has 0 radical (unpaired) electrons. The number of carbonyl (C=O) groups is 2. The summed E-state index contributed by atoms with van der Waals surface area (Å²) in [7, 11) is 0. The van der Waals surface area contributed by atoms with Crippen molar-refractivity contribution >= 4 is 12.0 Å². The van der Waals surface area contributed by atoms with Gasteiger partial charge in [0.05, 0.1) is 6.04 Å².